The fourth-order valence-electron chi connectivity index (χ4n) is 4.43. The molecule has 2 unspecified atom stereocenters. The normalized spacial score (nSPS) is 22.2. The van der Waals surface area contributed by atoms with Crippen LogP contribution in [0.1, 0.15) is 47.9 Å². The lowest BCUT2D eigenvalue weighted by Crippen LogP contribution is -2.49. The van der Waals surface area contributed by atoms with Crippen LogP contribution < -0.4 is 10.1 Å². The fourth-order valence-corrected chi connectivity index (χ4v) is 4.43. The Kier molecular flexibility index (Phi) is 5.39. The van der Waals surface area contributed by atoms with Crippen LogP contribution in [0.2, 0.25) is 0 Å². The number of rotatable bonds is 4. The lowest BCUT2D eigenvalue weighted by Gasteiger charge is -2.37. The fraction of sp³-hybridized carbons (Fsp3) is 0.455. The molecule has 5 nitrogen and oxygen atoms in total. The molecule has 0 saturated carbocycles. The van der Waals surface area contributed by atoms with Crippen molar-refractivity contribution in [2.45, 2.75) is 37.6 Å². The molecule has 1 fully saturated rings. The van der Waals surface area contributed by atoms with Crippen molar-refractivity contribution < 1.29 is 9.53 Å². The van der Waals surface area contributed by atoms with Crippen LogP contribution in [0.3, 0.4) is 0 Å². The molecule has 1 saturated heterocycles. The smallest absolute Gasteiger partial charge is 0.223 e. The van der Waals surface area contributed by atoms with Crippen molar-refractivity contribution in [3.05, 3.63) is 59.4 Å². The Bertz CT molecular complexity index is 793. The molecule has 27 heavy (non-hydrogen) atoms. The first-order valence-corrected chi connectivity index (χ1v) is 9.83. The summed E-state index contributed by atoms with van der Waals surface area (Å²) in [7, 11) is 1.70. The Morgan fingerprint density at radius 1 is 1.37 bits per heavy atom. The standard InChI is InChI=1S/C22H27N3O2/c1-27-19-7-8-20-16(12-19)4-2-5-17(20)13-22(26)25-11-10-24-15-21(25)18-6-3-9-23-14-18/h3,6-9,12,14,17,21,24H,2,4-5,10-11,13,15H2,1H3. The zero-order chi connectivity index (χ0) is 18.6. The highest BCUT2D eigenvalue weighted by atomic mass is 16.5. The van der Waals surface area contributed by atoms with E-state index in [9.17, 15) is 4.79 Å². The summed E-state index contributed by atoms with van der Waals surface area (Å²) in [5, 5.41) is 3.41. The van der Waals surface area contributed by atoms with Gasteiger partial charge in [0.15, 0.2) is 0 Å². The van der Waals surface area contributed by atoms with Gasteiger partial charge in [0.05, 0.1) is 13.2 Å². The second-order valence-electron chi connectivity index (χ2n) is 7.45. The molecule has 2 heterocycles. The van der Waals surface area contributed by atoms with Gasteiger partial charge in [0.1, 0.15) is 5.75 Å². The van der Waals surface area contributed by atoms with Crippen LogP contribution in [0.5, 0.6) is 5.75 Å². The van der Waals surface area contributed by atoms with E-state index in [0.29, 0.717) is 12.3 Å². The second-order valence-corrected chi connectivity index (χ2v) is 7.45. The predicted octanol–water partition coefficient (Wildman–Crippen LogP) is 3.07. The van der Waals surface area contributed by atoms with Gasteiger partial charge in [-0.3, -0.25) is 9.78 Å². The number of pyridine rings is 1. The molecule has 1 aliphatic carbocycles. The lowest BCUT2D eigenvalue weighted by atomic mass is 9.80. The summed E-state index contributed by atoms with van der Waals surface area (Å²) in [6.45, 7) is 2.39. The molecular weight excluding hydrogens is 338 g/mol. The molecule has 2 aliphatic rings. The number of amides is 1. The highest BCUT2D eigenvalue weighted by Crippen LogP contribution is 2.37. The molecule has 142 valence electrons. The van der Waals surface area contributed by atoms with E-state index in [1.54, 1.807) is 13.3 Å². The van der Waals surface area contributed by atoms with Crippen LogP contribution in [0.4, 0.5) is 0 Å². The molecule has 2 aromatic rings. The number of fused-ring (bicyclic) bond motifs is 1. The van der Waals surface area contributed by atoms with Crippen LogP contribution in [0.25, 0.3) is 0 Å². The van der Waals surface area contributed by atoms with E-state index in [-0.39, 0.29) is 11.9 Å². The van der Waals surface area contributed by atoms with E-state index < -0.39 is 0 Å². The first-order chi connectivity index (χ1) is 13.3. The van der Waals surface area contributed by atoms with Gasteiger partial charge in [-0.05, 0) is 60.1 Å². The van der Waals surface area contributed by atoms with Gasteiger partial charge < -0.3 is 15.0 Å². The van der Waals surface area contributed by atoms with E-state index in [4.69, 9.17) is 4.74 Å². The minimum atomic E-state index is 0.0684. The number of carbonyl (C=O) groups excluding carboxylic acids is 1. The SMILES string of the molecule is COc1ccc2c(c1)CCCC2CC(=O)N1CCNCC1c1cccnc1. The van der Waals surface area contributed by atoms with Crippen molar-refractivity contribution in [1.82, 2.24) is 15.2 Å². The maximum Gasteiger partial charge on any atom is 0.223 e. The number of nitrogens with one attached hydrogen (secondary N) is 1. The van der Waals surface area contributed by atoms with Crippen LogP contribution >= 0.6 is 0 Å². The van der Waals surface area contributed by atoms with Crippen LogP contribution in [0.15, 0.2) is 42.7 Å². The average molecular weight is 365 g/mol. The van der Waals surface area contributed by atoms with Gasteiger partial charge >= 0.3 is 0 Å². The van der Waals surface area contributed by atoms with E-state index in [2.05, 4.69) is 28.5 Å². The quantitative estimate of drug-likeness (QED) is 0.905. The number of hydrogen-bond donors (Lipinski definition) is 1. The van der Waals surface area contributed by atoms with E-state index in [1.807, 2.05) is 23.2 Å². The molecule has 1 aliphatic heterocycles. The number of benzene rings is 1. The van der Waals surface area contributed by atoms with Gasteiger partial charge in [0.25, 0.3) is 0 Å². The van der Waals surface area contributed by atoms with Gasteiger partial charge in [-0.15, -0.1) is 0 Å². The summed E-state index contributed by atoms with van der Waals surface area (Å²) in [5.41, 5.74) is 3.76. The molecule has 0 bridgehead atoms. The van der Waals surface area contributed by atoms with Gasteiger partial charge in [-0.25, -0.2) is 0 Å². The molecular formula is C22H27N3O2. The lowest BCUT2D eigenvalue weighted by molar-refractivity contribution is -0.135. The predicted molar refractivity (Wildman–Crippen MR) is 105 cm³/mol. The topological polar surface area (TPSA) is 54.5 Å². The molecule has 1 aromatic carbocycles. The third-order valence-electron chi connectivity index (χ3n) is 5.84. The van der Waals surface area contributed by atoms with E-state index >= 15 is 0 Å². The van der Waals surface area contributed by atoms with Gasteiger partial charge in [-0.2, -0.15) is 0 Å². The number of aryl methyl sites for hydroxylation is 1. The molecule has 0 radical (unpaired) electrons. The number of methoxy groups -OCH3 is 1. The highest BCUT2D eigenvalue weighted by molar-refractivity contribution is 5.78. The molecule has 1 amide bonds. The summed E-state index contributed by atoms with van der Waals surface area (Å²) in [5.74, 6) is 1.45. The number of carbonyl (C=O) groups is 1. The van der Waals surface area contributed by atoms with Crippen molar-refractivity contribution in [2.24, 2.45) is 0 Å². The minimum Gasteiger partial charge on any atom is -0.497 e. The molecule has 0 spiro atoms. The second kappa shape index (κ2) is 8.09. The van der Waals surface area contributed by atoms with Crippen molar-refractivity contribution >= 4 is 5.91 Å². The summed E-state index contributed by atoms with van der Waals surface area (Å²) in [6.07, 6.45) is 7.51. The zero-order valence-corrected chi connectivity index (χ0v) is 15.9. The Hall–Kier alpha value is -2.40. The monoisotopic (exact) mass is 365 g/mol. The maximum atomic E-state index is 13.2. The van der Waals surface area contributed by atoms with Crippen molar-refractivity contribution in [2.75, 3.05) is 26.7 Å². The Morgan fingerprint density at radius 3 is 3.11 bits per heavy atom. The van der Waals surface area contributed by atoms with Crippen molar-refractivity contribution in [1.29, 1.82) is 0 Å². The molecule has 4 rings (SSSR count). The number of hydrogen-bond acceptors (Lipinski definition) is 4. The largest absolute Gasteiger partial charge is 0.497 e. The summed E-state index contributed by atoms with van der Waals surface area (Å²) >= 11 is 0. The summed E-state index contributed by atoms with van der Waals surface area (Å²) in [6, 6.07) is 10.4. The van der Waals surface area contributed by atoms with E-state index in [1.165, 1.54) is 11.1 Å². The third kappa shape index (κ3) is 3.83. The van der Waals surface area contributed by atoms with Crippen LogP contribution in [-0.4, -0.2) is 42.5 Å². The number of ether oxygens (including phenoxy) is 1. The summed E-state index contributed by atoms with van der Waals surface area (Å²) < 4.78 is 5.37. The average Bonchev–Trinajstić information content (AvgIpc) is 2.74. The molecule has 1 N–H and O–H groups in total. The first-order valence-electron chi connectivity index (χ1n) is 9.83. The zero-order valence-electron chi connectivity index (χ0n) is 15.9. The number of aromatic nitrogens is 1. The third-order valence-corrected chi connectivity index (χ3v) is 5.84. The number of nitrogens with zero attached hydrogens (tertiary/aromatic N) is 2. The molecule has 2 atom stereocenters. The van der Waals surface area contributed by atoms with Gasteiger partial charge in [0.2, 0.25) is 5.91 Å². The Balaban J connectivity index is 1.52. The maximum absolute atomic E-state index is 13.2. The Labute approximate surface area is 160 Å². The minimum absolute atomic E-state index is 0.0684. The van der Waals surface area contributed by atoms with Crippen LogP contribution in [-0.2, 0) is 11.2 Å². The number of piperazine rings is 1. The van der Waals surface area contributed by atoms with Gasteiger partial charge in [-0.1, -0.05) is 12.1 Å². The molecule has 1 aromatic heterocycles. The molecule has 5 heteroatoms. The first kappa shape index (κ1) is 18.0. The Morgan fingerprint density at radius 2 is 2.30 bits per heavy atom. The highest BCUT2D eigenvalue weighted by Gasteiger charge is 2.31. The summed E-state index contributed by atoms with van der Waals surface area (Å²) in [4.78, 5) is 19.5. The van der Waals surface area contributed by atoms with Crippen molar-refractivity contribution in [3.8, 4) is 5.75 Å². The van der Waals surface area contributed by atoms with E-state index in [0.717, 1.165) is 50.2 Å². The van der Waals surface area contributed by atoms with Gasteiger partial charge in [0, 0.05) is 38.4 Å². The van der Waals surface area contributed by atoms with Crippen molar-refractivity contribution in [3.63, 3.8) is 0 Å². The van der Waals surface area contributed by atoms with Crippen LogP contribution in [0, 0.1) is 0 Å².